The highest BCUT2D eigenvalue weighted by molar-refractivity contribution is 5.93. The fourth-order valence-corrected chi connectivity index (χ4v) is 2.88. The SMILES string of the molecule is CCCCCCOc1cccc(NC(=O)CNc2cccc(OCCC(C)C)c2)c1. The van der Waals surface area contributed by atoms with Gasteiger partial charge in [-0.15, -0.1) is 0 Å². The van der Waals surface area contributed by atoms with E-state index in [0.29, 0.717) is 19.1 Å². The van der Waals surface area contributed by atoms with Crippen molar-refractivity contribution in [3.63, 3.8) is 0 Å². The molecule has 0 aliphatic carbocycles. The van der Waals surface area contributed by atoms with Crippen LogP contribution in [0.1, 0.15) is 52.9 Å². The molecule has 0 heterocycles. The number of anilines is 2. The van der Waals surface area contributed by atoms with E-state index < -0.39 is 0 Å². The van der Waals surface area contributed by atoms with E-state index in [1.54, 1.807) is 0 Å². The summed E-state index contributed by atoms with van der Waals surface area (Å²) in [5, 5.41) is 6.06. The third-order valence-corrected chi connectivity index (χ3v) is 4.64. The summed E-state index contributed by atoms with van der Waals surface area (Å²) in [4.78, 5) is 12.3. The number of amides is 1. The maximum Gasteiger partial charge on any atom is 0.243 e. The lowest BCUT2D eigenvalue weighted by atomic mass is 10.1. The molecule has 0 spiro atoms. The molecular formula is C25H36N2O3. The smallest absolute Gasteiger partial charge is 0.243 e. The number of carbonyl (C=O) groups is 1. The van der Waals surface area contributed by atoms with E-state index in [2.05, 4.69) is 31.4 Å². The highest BCUT2D eigenvalue weighted by atomic mass is 16.5. The summed E-state index contributed by atoms with van der Waals surface area (Å²) in [5.74, 6) is 2.09. The Morgan fingerprint density at radius 2 is 1.57 bits per heavy atom. The normalized spacial score (nSPS) is 10.7. The molecule has 2 aromatic rings. The monoisotopic (exact) mass is 412 g/mol. The number of ether oxygens (including phenoxy) is 2. The van der Waals surface area contributed by atoms with Crippen molar-refractivity contribution >= 4 is 17.3 Å². The number of hydrogen-bond donors (Lipinski definition) is 2. The van der Waals surface area contributed by atoms with Gasteiger partial charge in [0.15, 0.2) is 0 Å². The molecule has 0 aliphatic rings. The summed E-state index contributed by atoms with van der Waals surface area (Å²) in [5.41, 5.74) is 1.59. The van der Waals surface area contributed by atoms with Gasteiger partial charge in [-0.1, -0.05) is 52.2 Å². The van der Waals surface area contributed by atoms with Gasteiger partial charge in [0.2, 0.25) is 5.91 Å². The maximum atomic E-state index is 12.3. The van der Waals surface area contributed by atoms with E-state index in [4.69, 9.17) is 9.47 Å². The van der Waals surface area contributed by atoms with Crippen molar-refractivity contribution in [3.05, 3.63) is 48.5 Å². The molecule has 0 fully saturated rings. The molecule has 2 rings (SSSR count). The van der Waals surface area contributed by atoms with Crippen LogP contribution in [0.4, 0.5) is 11.4 Å². The van der Waals surface area contributed by atoms with Crippen LogP contribution >= 0.6 is 0 Å². The van der Waals surface area contributed by atoms with E-state index in [-0.39, 0.29) is 12.5 Å². The molecule has 0 radical (unpaired) electrons. The minimum absolute atomic E-state index is 0.110. The summed E-state index contributed by atoms with van der Waals surface area (Å²) in [6.45, 7) is 8.12. The minimum Gasteiger partial charge on any atom is -0.494 e. The van der Waals surface area contributed by atoms with Crippen LogP contribution < -0.4 is 20.1 Å². The van der Waals surface area contributed by atoms with E-state index in [9.17, 15) is 4.79 Å². The lowest BCUT2D eigenvalue weighted by Gasteiger charge is -2.12. The highest BCUT2D eigenvalue weighted by Gasteiger charge is 2.05. The Labute approximate surface area is 181 Å². The second-order valence-corrected chi connectivity index (χ2v) is 7.90. The topological polar surface area (TPSA) is 59.6 Å². The molecule has 5 heteroatoms. The summed E-state index contributed by atoms with van der Waals surface area (Å²) < 4.78 is 11.6. The molecule has 0 saturated heterocycles. The van der Waals surface area contributed by atoms with Crippen molar-refractivity contribution in [2.45, 2.75) is 52.9 Å². The average Bonchev–Trinajstić information content (AvgIpc) is 2.72. The zero-order valence-electron chi connectivity index (χ0n) is 18.6. The van der Waals surface area contributed by atoms with Crippen LogP contribution in [-0.4, -0.2) is 25.7 Å². The fourth-order valence-electron chi connectivity index (χ4n) is 2.88. The predicted octanol–water partition coefficient (Wildman–Crippen LogP) is 6.12. The molecule has 2 N–H and O–H groups in total. The number of benzene rings is 2. The third-order valence-electron chi connectivity index (χ3n) is 4.64. The fraction of sp³-hybridized carbons (Fsp3) is 0.480. The second kappa shape index (κ2) is 13.5. The molecule has 0 aliphatic heterocycles. The molecule has 1 amide bonds. The van der Waals surface area contributed by atoms with E-state index in [1.807, 2.05) is 48.5 Å². The first-order valence-corrected chi connectivity index (χ1v) is 11.1. The summed E-state index contributed by atoms with van der Waals surface area (Å²) >= 11 is 0. The number of nitrogens with one attached hydrogen (secondary N) is 2. The molecule has 2 aromatic carbocycles. The molecule has 164 valence electrons. The van der Waals surface area contributed by atoms with Crippen LogP contribution in [0.5, 0.6) is 11.5 Å². The molecule has 0 atom stereocenters. The van der Waals surface area contributed by atoms with E-state index in [1.165, 1.54) is 19.3 Å². The molecule has 30 heavy (non-hydrogen) atoms. The zero-order chi connectivity index (χ0) is 21.6. The van der Waals surface area contributed by atoms with Gasteiger partial charge in [0.05, 0.1) is 19.8 Å². The van der Waals surface area contributed by atoms with Gasteiger partial charge >= 0.3 is 0 Å². The largest absolute Gasteiger partial charge is 0.494 e. The lowest BCUT2D eigenvalue weighted by Crippen LogP contribution is -2.21. The molecular weight excluding hydrogens is 376 g/mol. The minimum atomic E-state index is -0.110. The van der Waals surface area contributed by atoms with Crippen LogP contribution in [0.3, 0.4) is 0 Å². The number of hydrogen-bond acceptors (Lipinski definition) is 4. The Balaban J connectivity index is 1.76. The predicted molar refractivity (Wildman–Crippen MR) is 125 cm³/mol. The maximum absolute atomic E-state index is 12.3. The summed E-state index contributed by atoms with van der Waals surface area (Å²) in [7, 11) is 0. The van der Waals surface area contributed by atoms with Crippen LogP contribution in [0.2, 0.25) is 0 Å². The quantitative estimate of drug-likeness (QED) is 0.367. The number of carbonyl (C=O) groups excluding carboxylic acids is 1. The Morgan fingerprint density at radius 3 is 2.27 bits per heavy atom. The Hall–Kier alpha value is -2.69. The molecule has 0 aromatic heterocycles. The third kappa shape index (κ3) is 9.68. The standard InChI is InChI=1S/C25H36N2O3/c1-4-5-6-7-15-29-24-13-9-11-22(18-24)27-25(28)19-26-21-10-8-12-23(17-21)30-16-14-20(2)3/h8-13,17-18,20,26H,4-7,14-16,19H2,1-3H3,(H,27,28). The first-order valence-electron chi connectivity index (χ1n) is 11.1. The highest BCUT2D eigenvalue weighted by Crippen LogP contribution is 2.19. The second-order valence-electron chi connectivity index (χ2n) is 7.90. The molecule has 0 bridgehead atoms. The number of rotatable bonds is 14. The van der Waals surface area contributed by atoms with Crippen molar-refractivity contribution < 1.29 is 14.3 Å². The van der Waals surface area contributed by atoms with Gasteiger partial charge < -0.3 is 20.1 Å². The molecule has 5 nitrogen and oxygen atoms in total. The summed E-state index contributed by atoms with van der Waals surface area (Å²) in [6.07, 6.45) is 5.70. The first-order chi connectivity index (χ1) is 14.6. The van der Waals surface area contributed by atoms with Gasteiger partial charge in [0.1, 0.15) is 11.5 Å². The summed E-state index contributed by atoms with van der Waals surface area (Å²) in [6, 6.07) is 15.2. The van der Waals surface area contributed by atoms with Gasteiger partial charge in [-0.2, -0.15) is 0 Å². The van der Waals surface area contributed by atoms with Crippen molar-refractivity contribution in [2.24, 2.45) is 5.92 Å². The molecule has 0 unspecified atom stereocenters. The van der Waals surface area contributed by atoms with Gasteiger partial charge in [0, 0.05) is 23.5 Å². The van der Waals surface area contributed by atoms with Gasteiger partial charge in [-0.3, -0.25) is 4.79 Å². The van der Waals surface area contributed by atoms with Crippen LogP contribution in [0, 0.1) is 5.92 Å². The average molecular weight is 413 g/mol. The zero-order valence-corrected chi connectivity index (χ0v) is 18.6. The number of unbranched alkanes of at least 4 members (excludes halogenated alkanes) is 3. The van der Waals surface area contributed by atoms with Crippen molar-refractivity contribution in [1.29, 1.82) is 0 Å². The van der Waals surface area contributed by atoms with E-state index >= 15 is 0 Å². The molecule has 0 saturated carbocycles. The lowest BCUT2D eigenvalue weighted by molar-refractivity contribution is -0.114. The van der Waals surface area contributed by atoms with Crippen LogP contribution in [-0.2, 0) is 4.79 Å². The van der Waals surface area contributed by atoms with Crippen molar-refractivity contribution in [1.82, 2.24) is 0 Å². The van der Waals surface area contributed by atoms with Gasteiger partial charge in [0.25, 0.3) is 0 Å². The van der Waals surface area contributed by atoms with Crippen LogP contribution in [0.15, 0.2) is 48.5 Å². The van der Waals surface area contributed by atoms with E-state index in [0.717, 1.165) is 35.7 Å². The van der Waals surface area contributed by atoms with Crippen molar-refractivity contribution in [3.8, 4) is 11.5 Å². The Bertz CT molecular complexity index is 762. The van der Waals surface area contributed by atoms with Crippen LogP contribution in [0.25, 0.3) is 0 Å². The van der Waals surface area contributed by atoms with Gasteiger partial charge in [-0.25, -0.2) is 0 Å². The Kier molecular flexibility index (Phi) is 10.6. The first kappa shape index (κ1) is 23.6. The Morgan fingerprint density at radius 1 is 0.900 bits per heavy atom. The van der Waals surface area contributed by atoms with Crippen molar-refractivity contribution in [2.75, 3.05) is 30.4 Å². The van der Waals surface area contributed by atoms with Gasteiger partial charge in [-0.05, 0) is 43.0 Å².